The van der Waals surface area contributed by atoms with Crippen molar-refractivity contribution < 1.29 is 14.6 Å². The summed E-state index contributed by atoms with van der Waals surface area (Å²) < 4.78 is 5.50. The Bertz CT molecular complexity index is 783. The normalized spacial score (nSPS) is 18.2. The molecule has 23 heavy (non-hydrogen) atoms. The van der Waals surface area contributed by atoms with Crippen molar-refractivity contribution in [3.63, 3.8) is 0 Å². The number of allylic oxidation sites excluding steroid dienone is 1. The summed E-state index contributed by atoms with van der Waals surface area (Å²) in [6, 6.07) is 11.2. The largest absolute Gasteiger partial charge is 0.507 e. The van der Waals surface area contributed by atoms with E-state index >= 15 is 0 Å². The SMILES string of the molecule is COC(=O)C1=C(O)/C(=C/c2cccc(Br)c2)CC(C#N)(C#N)C1. The van der Waals surface area contributed by atoms with Gasteiger partial charge < -0.3 is 9.84 Å². The molecule has 0 atom stereocenters. The molecule has 1 aromatic rings. The molecule has 0 amide bonds. The van der Waals surface area contributed by atoms with Gasteiger partial charge in [-0.3, -0.25) is 0 Å². The molecule has 6 heteroatoms. The van der Waals surface area contributed by atoms with Gasteiger partial charge in [-0.25, -0.2) is 4.79 Å². The van der Waals surface area contributed by atoms with Crippen molar-refractivity contribution in [2.45, 2.75) is 12.8 Å². The number of benzene rings is 1. The minimum absolute atomic E-state index is 0.0405. The number of aliphatic hydroxyl groups is 1. The van der Waals surface area contributed by atoms with Gasteiger partial charge in [0.15, 0.2) is 5.41 Å². The summed E-state index contributed by atoms with van der Waals surface area (Å²) in [6.45, 7) is 0. The lowest BCUT2D eigenvalue weighted by Crippen LogP contribution is -2.27. The third-order valence-corrected chi connectivity index (χ3v) is 4.10. The summed E-state index contributed by atoms with van der Waals surface area (Å²) in [4.78, 5) is 11.9. The number of halogens is 1. The number of methoxy groups -OCH3 is 1. The van der Waals surface area contributed by atoms with E-state index in [0.29, 0.717) is 5.57 Å². The van der Waals surface area contributed by atoms with Crippen molar-refractivity contribution in [2.75, 3.05) is 7.11 Å². The number of nitrogens with zero attached hydrogens (tertiary/aromatic N) is 2. The van der Waals surface area contributed by atoms with Gasteiger partial charge in [-0.1, -0.05) is 28.1 Å². The second-order valence-electron chi connectivity index (χ2n) is 5.20. The maximum Gasteiger partial charge on any atom is 0.337 e. The summed E-state index contributed by atoms with van der Waals surface area (Å²) in [5, 5.41) is 29.1. The molecule has 0 radical (unpaired) electrons. The van der Waals surface area contributed by atoms with Gasteiger partial charge in [-0.05, 0) is 29.3 Å². The lowest BCUT2D eigenvalue weighted by Gasteiger charge is -2.27. The highest BCUT2D eigenvalue weighted by molar-refractivity contribution is 9.10. The number of hydrogen-bond donors (Lipinski definition) is 1. The second-order valence-corrected chi connectivity index (χ2v) is 6.12. The van der Waals surface area contributed by atoms with E-state index in [9.17, 15) is 20.4 Å². The second kappa shape index (κ2) is 6.68. The molecule has 1 aliphatic carbocycles. The lowest BCUT2D eigenvalue weighted by atomic mass is 9.73. The minimum atomic E-state index is -1.40. The Labute approximate surface area is 142 Å². The molecule has 0 spiro atoms. The first-order chi connectivity index (χ1) is 10.9. The topological polar surface area (TPSA) is 94.1 Å². The summed E-state index contributed by atoms with van der Waals surface area (Å²) in [7, 11) is 1.19. The van der Waals surface area contributed by atoms with Gasteiger partial charge in [0.25, 0.3) is 0 Å². The van der Waals surface area contributed by atoms with E-state index in [1.165, 1.54) is 7.11 Å². The molecule has 2 rings (SSSR count). The Kier molecular flexibility index (Phi) is 4.88. The smallest absolute Gasteiger partial charge is 0.337 e. The molecule has 0 fully saturated rings. The molecular formula is C17H13BrN2O3. The van der Waals surface area contributed by atoms with Crippen LogP contribution >= 0.6 is 15.9 Å². The van der Waals surface area contributed by atoms with E-state index in [2.05, 4.69) is 20.7 Å². The number of esters is 1. The van der Waals surface area contributed by atoms with Crippen molar-refractivity contribution in [2.24, 2.45) is 5.41 Å². The van der Waals surface area contributed by atoms with E-state index in [-0.39, 0.29) is 24.2 Å². The molecule has 1 N–H and O–H groups in total. The summed E-state index contributed by atoms with van der Waals surface area (Å²) in [6.07, 6.45) is 1.54. The number of aliphatic hydroxyl groups excluding tert-OH is 1. The third kappa shape index (κ3) is 3.44. The average Bonchev–Trinajstić information content (AvgIpc) is 2.56. The summed E-state index contributed by atoms with van der Waals surface area (Å²) in [5.41, 5.74) is -0.314. The highest BCUT2D eigenvalue weighted by atomic mass is 79.9. The molecule has 0 unspecified atom stereocenters. The van der Waals surface area contributed by atoms with Crippen LogP contribution in [0.15, 0.2) is 45.6 Å². The molecular weight excluding hydrogens is 360 g/mol. The van der Waals surface area contributed by atoms with E-state index in [4.69, 9.17) is 0 Å². The fraction of sp³-hybridized carbons (Fsp3) is 0.235. The highest BCUT2D eigenvalue weighted by Crippen LogP contribution is 2.42. The van der Waals surface area contributed by atoms with Crippen LogP contribution in [0.3, 0.4) is 0 Å². The Morgan fingerprint density at radius 1 is 1.39 bits per heavy atom. The standard InChI is InChI=1S/C17H13BrN2O3/c1-23-16(22)14-8-17(9-19,10-20)7-12(15(14)21)5-11-3-2-4-13(18)6-11/h2-6,21H,7-8H2,1H3/b12-5+. The first-order valence-electron chi connectivity index (χ1n) is 6.74. The quantitative estimate of drug-likeness (QED) is 0.799. The van der Waals surface area contributed by atoms with Crippen LogP contribution in [0.25, 0.3) is 6.08 Å². The van der Waals surface area contributed by atoms with E-state index < -0.39 is 11.4 Å². The zero-order chi connectivity index (χ0) is 17.0. The van der Waals surface area contributed by atoms with Crippen LogP contribution in [0.2, 0.25) is 0 Å². The molecule has 0 aliphatic heterocycles. The highest BCUT2D eigenvalue weighted by Gasteiger charge is 2.41. The van der Waals surface area contributed by atoms with Crippen molar-refractivity contribution in [3.05, 3.63) is 51.2 Å². The van der Waals surface area contributed by atoms with Crippen LogP contribution in [0.5, 0.6) is 0 Å². The lowest BCUT2D eigenvalue weighted by molar-refractivity contribution is -0.136. The monoisotopic (exact) mass is 372 g/mol. The number of carbonyl (C=O) groups excluding carboxylic acids is 1. The van der Waals surface area contributed by atoms with Gasteiger partial charge in [0.1, 0.15) is 5.76 Å². The maximum atomic E-state index is 11.9. The molecule has 0 heterocycles. The predicted octanol–water partition coefficient (Wildman–Crippen LogP) is 3.64. The van der Waals surface area contributed by atoms with Crippen LogP contribution in [-0.2, 0) is 9.53 Å². The molecule has 116 valence electrons. The number of nitriles is 2. The molecule has 0 aromatic heterocycles. The molecule has 1 aromatic carbocycles. The van der Waals surface area contributed by atoms with Crippen molar-refractivity contribution in [3.8, 4) is 12.1 Å². The number of ether oxygens (including phenoxy) is 1. The van der Waals surface area contributed by atoms with E-state index in [0.717, 1.165) is 10.0 Å². The van der Waals surface area contributed by atoms with Crippen LogP contribution in [-0.4, -0.2) is 18.2 Å². The van der Waals surface area contributed by atoms with Crippen molar-refractivity contribution >= 4 is 28.0 Å². The fourth-order valence-electron chi connectivity index (χ4n) is 2.44. The van der Waals surface area contributed by atoms with E-state index in [1.54, 1.807) is 6.08 Å². The van der Waals surface area contributed by atoms with Crippen LogP contribution in [0, 0.1) is 28.1 Å². The van der Waals surface area contributed by atoms with Gasteiger partial charge in [0.05, 0.1) is 24.8 Å². The zero-order valence-electron chi connectivity index (χ0n) is 12.3. The Hall–Kier alpha value is -2.57. The Morgan fingerprint density at radius 2 is 2.09 bits per heavy atom. The average molecular weight is 373 g/mol. The van der Waals surface area contributed by atoms with Crippen LogP contribution in [0.4, 0.5) is 0 Å². The maximum absolute atomic E-state index is 11.9. The molecule has 1 aliphatic rings. The Balaban J connectivity index is 2.58. The zero-order valence-corrected chi connectivity index (χ0v) is 13.9. The molecule has 0 saturated heterocycles. The van der Waals surface area contributed by atoms with Gasteiger partial charge >= 0.3 is 5.97 Å². The van der Waals surface area contributed by atoms with Gasteiger partial charge in [0, 0.05) is 17.3 Å². The van der Waals surface area contributed by atoms with Crippen LogP contribution in [0.1, 0.15) is 18.4 Å². The summed E-state index contributed by atoms with van der Waals surface area (Å²) >= 11 is 3.36. The van der Waals surface area contributed by atoms with Crippen molar-refractivity contribution in [1.82, 2.24) is 0 Å². The van der Waals surface area contributed by atoms with Gasteiger partial charge in [-0.2, -0.15) is 10.5 Å². The van der Waals surface area contributed by atoms with Crippen molar-refractivity contribution in [1.29, 1.82) is 10.5 Å². The Morgan fingerprint density at radius 3 is 2.65 bits per heavy atom. The van der Waals surface area contributed by atoms with Gasteiger partial charge in [-0.15, -0.1) is 0 Å². The fourth-order valence-corrected chi connectivity index (χ4v) is 2.86. The minimum Gasteiger partial charge on any atom is -0.507 e. The molecule has 0 bridgehead atoms. The number of rotatable bonds is 2. The third-order valence-electron chi connectivity index (χ3n) is 3.61. The number of carbonyl (C=O) groups is 1. The first kappa shape index (κ1) is 16.8. The van der Waals surface area contributed by atoms with Crippen LogP contribution < -0.4 is 0 Å². The first-order valence-corrected chi connectivity index (χ1v) is 7.53. The van der Waals surface area contributed by atoms with E-state index in [1.807, 2.05) is 36.4 Å². The number of hydrogen-bond acceptors (Lipinski definition) is 5. The molecule has 0 saturated carbocycles. The summed E-state index contributed by atoms with van der Waals surface area (Å²) in [5.74, 6) is -0.963. The predicted molar refractivity (Wildman–Crippen MR) is 86.7 cm³/mol. The molecule has 5 nitrogen and oxygen atoms in total. The van der Waals surface area contributed by atoms with Gasteiger partial charge in [0.2, 0.25) is 0 Å².